The van der Waals surface area contributed by atoms with Crippen molar-refractivity contribution in [2.45, 2.75) is 70.1 Å². The second kappa shape index (κ2) is 4.43. The minimum atomic E-state index is -0.129. The van der Waals surface area contributed by atoms with Crippen LogP contribution in [-0.4, -0.2) is 37.9 Å². The molecular formula is C15H22N4OS. The van der Waals surface area contributed by atoms with E-state index in [4.69, 9.17) is 10.1 Å². The highest BCUT2D eigenvalue weighted by atomic mass is 32.1. The van der Waals surface area contributed by atoms with Crippen LogP contribution in [0.1, 0.15) is 52.1 Å². The number of aromatic nitrogens is 3. The molecule has 2 saturated heterocycles. The fraction of sp³-hybridized carbons (Fsp3) is 0.733. The standard InChI is InChI=1S/C15H22N4OS/c1-15(2,3)12-8-18-13(16-12)21-14(17-18)19-9-4-5-10(19)7-11(20)6-9/h8-11,20H,4-7H2,1-3H3/t9-,10-/m0/s1. The SMILES string of the molecule is CC(C)(C)c1cn2nc(N3[C@H]4CC[C@H]3CC(O)C4)sc2n1. The van der Waals surface area contributed by atoms with Gasteiger partial charge in [-0.1, -0.05) is 32.1 Å². The molecule has 5 nitrogen and oxygen atoms in total. The van der Waals surface area contributed by atoms with Crippen LogP contribution in [-0.2, 0) is 5.41 Å². The Bertz CT molecular complexity index is 625. The maximum absolute atomic E-state index is 9.92. The highest BCUT2D eigenvalue weighted by Gasteiger charge is 2.41. The van der Waals surface area contributed by atoms with E-state index >= 15 is 0 Å². The van der Waals surface area contributed by atoms with Crippen LogP contribution in [0.3, 0.4) is 0 Å². The number of fused-ring (bicyclic) bond motifs is 3. The van der Waals surface area contributed by atoms with Crippen molar-refractivity contribution in [3.8, 4) is 0 Å². The summed E-state index contributed by atoms with van der Waals surface area (Å²) in [5.41, 5.74) is 1.15. The van der Waals surface area contributed by atoms with Gasteiger partial charge in [0.15, 0.2) is 0 Å². The van der Waals surface area contributed by atoms with E-state index in [1.807, 2.05) is 4.52 Å². The highest BCUT2D eigenvalue weighted by Crippen LogP contribution is 2.41. The number of piperidine rings is 1. The average molecular weight is 306 g/mol. The van der Waals surface area contributed by atoms with Gasteiger partial charge in [-0.25, -0.2) is 9.50 Å². The monoisotopic (exact) mass is 306 g/mol. The predicted octanol–water partition coefficient (Wildman–Crippen LogP) is 2.58. The summed E-state index contributed by atoms with van der Waals surface area (Å²) < 4.78 is 1.92. The molecule has 6 heteroatoms. The Morgan fingerprint density at radius 2 is 1.90 bits per heavy atom. The molecule has 2 fully saturated rings. The number of hydrogen-bond donors (Lipinski definition) is 1. The second-order valence-electron chi connectivity index (χ2n) is 7.41. The minimum Gasteiger partial charge on any atom is -0.393 e. The molecule has 2 atom stereocenters. The lowest BCUT2D eigenvalue weighted by atomic mass is 9.93. The molecule has 114 valence electrons. The van der Waals surface area contributed by atoms with Crippen molar-refractivity contribution < 1.29 is 5.11 Å². The van der Waals surface area contributed by atoms with Crippen molar-refractivity contribution in [3.63, 3.8) is 0 Å². The van der Waals surface area contributed by atoms with Crippen molar-refractivity contribution >= 4 is 21.4 Å². The van der Waals surface area contributed by atoms with E-state index in [1.54, 1.807) is 11.3 Å². The Hall–Kier alpha value is -1.14. The molecule has 4 heterocycles. The molecule has 2 bridgehead atoms. The van der Waals surface area contributed by atoms with Crippen LogP contribution in [0.2, 0.25) is 0 Å². The first-order chi connectivity index (χ1) is 9.91. The molecule has 2 aliphatic rings. The second-order valence-corrected chi connectivity index (χ2v) is 8.34. The molecule has 1 N–H and O–H groups in total. The van der Waals surface area contributed by atoms with Crippen molar-refractivity contribution in [1.29, 1.82) is 0 Å². The topological polar surface area (TPSA) is 53.7 Å². The average Bonchev–Trinajstić information content (AvgIpc) is 2.98. The number of aliphatic hydroxyl groups excluding tert-OH is 1. The Morgan fingerprint density at radius 3 is 2.48 bits per heavy atom. The zero-order chi connectivity index (χ0) is 14.8. The van der Waals surface area contributed by atoms with E-state index in [0.29, 0.717) is 12.1 Å². The minimum absolute atomic E-state index is 0.0574. The van der Waals surface area contributed by atoms with Gasteiger partial charge < -0.3 is 10.0 Å². The first-order valence-corrected chi connectivity index (χ1v) is 8.56. The highest BCUT2D eigenvalue weighted by molar-refractivity contribution is 7.20. The van der Waals surface area contributed by atoms with Gasteiger partial charge in [0, 0.05) is 17.5 Å². The number of rotatable bonds is 1. The van der Waals surface area contributed by atoms with Gasteiger partial charge in [0.25, 0.3) is 0 Å². The lowest BCUT2D eigenvalue weighted by molar-refractivity contribution is 0.126. The molecule has 2 aliphatic heterocycles. The van der Waals surface area contributed by atoms with Crippen LogP contribution in [0.5, 0.6) is 0 Å². The number of hydrogen-bond acceptors (Lipinski definition) is 5. The van der Waals surface area contributed by atoms with Gasteiger partial charge in [-0.2, -0.15) is 0 Å². The molecule has 0 aliphatic carbocycles. The normalized spacial score (nSPS) is 29.5. The van der Waals surface area contributed by atoms with Crippen LogP contribution < -0.4 is 4.90 Å². The largest absolute Gasteiger partial charge is 0.393 e. The van der Waals surface area contributed by atoms with Crippen LogP contribution in [0.15, 0.2) is 6.20 Å². The Balaban J connectivity index is 1.67. The number of anilines is 1. The fourth-order valence-corrected chi connectivity index (χ4v) is 4.64. The molecule has 2 aromatic rings. The summed E-state index contributed by atoms with van der Waals surface area (Å²) in [7, 11) is 0. The molecular weight excluding hydrogens is 284 g/mol. The van der Waals surface area contributed by atoms with Gasteiger partial charge in [0.2, 0.25) is 10.1 Å². The molecule has 0 radical (unpaired) electrons. The summed E-state index contributed by atoms with van der Waals surface area (Å²) in [5.74, 6) is 0. The Morgan fingerprint density at radius 1 is 1.24 bits per heavy atom. The fourth-order valence-electron chi connectivity index (χ4n) is 3.62. The van der Waals surface area contributed by atoms with E-state index < -0.39 is 0 Å². The van der Waals surface area contributed by atoms with E-state index in [2.05, 4.69) is 31.9 Å². The van der Waals surface area contributed by atoms with Crippen LogP contribution >= 0.6 is 11.3 Å². The third-order valence-corrected chi connectivity index (χ3v) is 5.67. The molecule has 0 unspecified atom stereocenters. The molecule has 4 rings (SSSR count). The molecule has 2 aromatic heterocycles. The smallest absolute Gasteiger partial charge is 0.214 e. The van der Waals surface area contributed by atoms with Gasteiger partial charge >= 0.3 is 0 Å². The summed E-state index contributed by atoms with van der Waals surface area (Å²) in [5, 5.41) is 15.7. The molecule has 21 heavy (non-hydrogen) atoms. The first kappa shape index (κ1) is 13.5. The summed E-state index contributed by atoms with van der Waals surface area (Å²) in [6.45, 7) is 6.52. The van der Waals surface area contributed by atoms with Crippen molar-refractivity contribution in [2.24, 2.45) is 0 Å². The summed E-state index contributed by atoms with van der Waals surface area (Å²) >= 11 is 1.67. The summed E-state index contributed by atoms with van der Waals surface area (Å²) in [4.78, 5) is 8.13. The third kappa shape index (κ3) is 2.16. The number of nitrogens with zero attached hydrogens (tertiary/aromatic N) is 4. The van der Waals surface area contributed by atoms with Crippen LogP contribution in [0.25, 0.3) is 4.96 Å². The molecule has 0 amide bonds. The maximum atomic E-state index is 9.92. The van der Waals surface area contributed by atoms with Crippen molar-refractivity contribution in [1.82, 2.24) is 14.6 Å². The van der Waals surface area contributed by atoms with Gasteiger partial charge in [0.1, 0.15) is 0 Å². The Kier molecular flexibility index (Phi) is 2.85. The summed E-state index contributed by atoms with van der Waals surface area (Å²) in [6, 6.07) is 0.911. The van der Waals surface area contributed by atoms with E-state index in [1.165, 1.54) is 12.8 Å². The van der Waals surface area contributed by atoms with Crippen molar-refractivity contribution in [3.05, 3.63) is 11.9 Å². The van der Waals surface area contributed by atoms with E-state index in [-0.39, 0.29) is 11.5 Å². The quantitative estimate of drug-likeness (QED) is 0.880. The molecule has 0 spiro atoms. The third-order valence-electron chi connectivity index (χ3n) is 4.73. The lowest BCUT2D eigenvalue weighted by Crippen LogP contribution is -2.44. The zero-order valence-electron chi connectivity index (χ0n) is 12.8. The molecule has 0 aromatic carbocycles. The van der Waals surface area contributed by atoms with Gasteiger partial charge in [-0.3, -0.25) is 0 Å². The summed E-state index contributed by atoms with van der Waals surface area (Å²) in [6.07, 6.45) is 6.04. The first-order valence-electron chi connectivity index (χ1n) is 7.75. The van der Waals surface area contributed by atoms with Crippen LogP contribution in [0.4, 0.5) is 5.13 Å². The lowest BCUT2D eigenvalue weighted by Gasteiger charge is -2.36. The van der Waals surface area contributed by atoms with E-state index in [9.17, 15) is 5.11 Å². The number of imidazole rings is 1. The van der Waals surface area contributed by atoms with Crippen LogP contribution in [0, 0.1) is 0 Å². The maximum Gasteiger partial charge on any atom is 0.214 e. The van der Waals surface area contributed by atoms with Crippen molar-refractivity contribution in [2.75, 3.05) is 4.90 Å². The van der Waals surface area contributed by atoms with Gasteiger partial charge in [-0.05, 0) is 25.7 Å². The van der Waals surface area contributed by atoms with E-state index in [0.717, 1.165) is 28.6 Å². The molecule has 0 saturated carbocycles. The predicted molar refractivity (Wildman–Crippen MR) is 84.1 cm³/mol. The van der Waals surface area contributed by atoms with Gasteiger partial charge in [-0.15, -0.1) is 5.10 Å². The Labute approximate surface area is 128 Å². The number of aliphatic hydroxyl groups is 1. The zero-order valence-corrected chi connectivity index (χ0v) is 13.6. The van der Waals surface area contributed by atoms with Gasteiger partial charge in [0.05, 0.1) is 18.0 Å².